The molecule has 3 rings (SSSR count). The summed E-state index contributed by atoms with van der Waals surface area (Å²) in [5.41, 5.74) is 3.42. The van der Waals surface area contributed by atoms with E-state index in [4.69, 9.17) is 0 Å². The zero-order valence-corrected chi connectivity index (χ0v) is 13.6. The van der Waals surface area contributed by atoms with Crippen molar-refractivity contribution in [2.24, 2.45) is 0 Å². The van der Waals surface area contributed by atoms with Gasteiger partial charge in [0.05, 0.1) is 10.7 Å². The summed E-state index contributed by atoms with van der Waals surface area (Å²) in [6, 6.07) is 10.8. The number of nitrogens with zero attached hydrogens (tertiary/aromatic N) is 3. The number of nitrogens with one attached hydrogen (secondary N) is 1. The lowest BCUT2D eigenvalue weighted by atomic mass is 10.1. The SMILES string of the molecule is CCc1ccc([C@@H](C)Nc2ccn3ncc(Br)c3n2)cc1. The molecule has 0 saturated carbocycles. The van der Waals surface area contributed by atoms with Crippen molar-refractivity contribution >= 4 is 27.4 Å². The summed E-state index contributed by atoms with van der Waals surface area (Å²) in [4.78, 5) is 4.58. The Kier molecular flexibility index (Phi) is 3.92. The van der Waals surface area contributed by atoms with Crippen LogP contribution in [0.25, 0.3) is 5.65 Å². The van der Waals surface area contributed by atoms with Crippen molar-refractivity contribution in [3.8, 4) is 0 Å². The van der Waals surface area contributed by atoms with Gasteiger partial charge in [-0.25, -0.2) is 9.50 Å². The summed E-state index contributed by atoms with van der Waals surface area (Å²) in [6.07, 6.45) is 4.72. The summed E-state index contributed by atoms with van der Waals surface area (Å²) in [5, 5.41) is 7.63. The van der Waals surface area contributed by atoms with Gasteiger partial charge >= 0.3 is 0 Å². The summed E-state index contributed by atoms with van der Waals surface area (Å²) < 4.78 is 2.64. The molecular weight excluding hydrogens is 328 g/mol. The Labute approximate surface area is 132 Å². The molecule has 2 aromatic heterocycles. The van der Waals surface area contributed by atoms with Crippen molar-refractivity contribution in [3.63, 3.8) is 0 Å². The first kappa shape index (κ1) is 14.1. The minimum Gasteiger partial charge on any atom is -0.363 e. The Hall–Kier alpha value is -1.88. The van der Waals surface area contributed by atoms with Gasteiger partial charge in [0.2, 0.25) is 0 Å². The monoisotopic (exact) mass is 344 g/mol. The molecule has 5 heteroatoms. The molecule has 3 aromatic rings. The molecule has 1 atom stereocenters. The third kappa shape index (κ3) is 2.93. The third-order valence-electron chi connectivity index (χ3n) is 3.58. The van der Waals surface area contributed by atoms with Crippen LogP contribution in [0.3, 0.4) is 0 Å². The molecule has 2 heterocycles. The number of rotatable bonds is 4. The zero-order chi connectivity index (χ0) is 14.8. The van der Waals surface area contributed by atoms with Crippen molar-refractivity contribution in [2.45, 2.75) is 26.3 Å². The summed E-state index contributed by atoms with van der Waals surface area (Å²) in [7, 11) is 0. The van der Waals surface area contributed by atoms with Crippen LogP contribution in [-0.4, -0.2) is 14.6 Å². The number of anilines is 1. The molecule has 0 aliphatic heterocycles. The van der Waals surface area contributed by atoms with E-state index in [1.165, 1.54) is 11.1 Å². The lowest BCUT2D eigenvalue weighted by Gasteiger charge is -2.15. The number of fused-ring (bicyclic) bond motifs is 1. The van der Waals surface area contributed by atoms with Gasteiger partial charge in [0.15, 0.2) is 5.65 Å². The first-order valence-electron chi connectivity index (χ1n) is 7.02. The van der Waals surface area contributed by atoms with Gasteiger partial charge in [0.1, 0.15) is 5.82 Å². The first-order chi connectivity index (χ1) is 10.2. The molecule has 0 aliphatic carbocycles. The molecule has 4 nitrogen and oxygen atoms in total. The average Bonchev–Trinajstić information content (AvgIpc) is 2.88. The maximum atomic E-state index is 4.58. The van der Waals surface area contributed by atoms with Crippen molar-refractivity contribution < 1.29 is 0 Å². The van der Waals surface area contributed by atoms with Gasteiger partial charge in [0.25, 0.3) is 0 Å². The van der Waals surface area contributed by atoms with Gasteiger partial charge in [-0.2, -0.15) is 5.10 Å². The van der Waals surface area contributed by atoms with Crippen molar-refractivity contribution in [3.05, 3.63) is 58.3 Å². The summed E-state index contributed by atoms with van der Waals surface area (Å²) >= 11 is 3.45. The predicted octanol–water partition coefficient (Wildman–Crippen LogP) is 4.23. The molecule has 0 aliphatic rings. The van der Waals surface area contributed by atoms with Crippen LogP contribution in [0.4, 0.5) is 5.82 Å². The van der Waals surface area contributed by atoms with E-state index >= 15 is 0 Å². The quantitative estimate of drug-likeness (QED) is 0.770. The van der Waals surface area contributed by atoms with Crippen molar-refractivity contribution in [1.29, 1.82) is 0 Å². The molecule has 0 spiro atoms. The normalized spacial score (nSPS) is 12.5. The van der Waals surface area contributed by atoms with Crippen LogP contribution in [0, 0.1) is 0 Å². The first-order valence-corrected chi connectivity index (χ1v) is 7.82. The van der Waals surface area contributed by atoms with Crippen LogP contribution in [0.2, 0.25) is 0 Å². The van der Waals surface area contributed by atoms with Gasteiger partial charge < -0.3 is 5.32 Å². The highest BCUT2D eigenvalue weighted by atomic mass is 79.9. The maximum absolute atomic E-state index is 4.58. The van der Waals surface area contributed by atoms with Crippen molar-refractivity contribution in [1.82, 2.24) is 14.6 Å². The Morgan fingerprint density at radius 1 is 1.24 bits per heavy atom. The van der Waals surface area contributed by atoms with Crippen LogP contribution in [0.15, 0.2) is 47.2 Å². The number of aromatic nitrogens is 3. The van der Waals surface area contributed by atoms with Gasteiger partial charge in [-0.15, -0.1) is 0 Å². The highest BCUT2D eigenvalue weighted by molar-refractivity contribution is 9.10. The Balaban J connectivity index is 1.81. The highest BCUT2D eigenvalue weighted by Gasteiger charge is 2.08. The van der Waals surface area contributed by atoms with Gasteiger partial charge in [0, 0.05) is 12.2 Å². The fourth-order valence-electron chi connectivity index (χ4n) is 2.27. The molecule has 108 valence electrons. The van der Waals surface area contributed by atoms with Crippen LogP contribution >= 0.6 is 15.9 Å². The smallest absolute Gasteiger partial charge is 0.171 e. The second-order valence-corrected chi connectivity index (χ2v) is 5.89. The summed E-state index contributed by atoms with van der Waals surface area (Å²) in [5.74, 6) is 0.843. The molecule has 0 amide bonds. The number of aryl methyl sites for hydroxylation is 1. The third-order valence-corrected chi connectivity index (χ3v) is 4.14. The average molecular weight is 345 g/mol. The van der Waals surface area contributed by atoms with E-state index in [-0.39, 0.29) is 6.04 Å². The zero-order valence-electron chi connectivity index (χ0n) is 12.0. The highest BCUT2D eigenvalue weighted by Crippen LogP contribution is 2.21. The van der Waals surface area contributed by atoms with Gasteiger partial charge in [-0.05, 0) is 46.5 Å². The van der Waals surface area contributed by atoms with Gasteiger partial charge in [-0.3, -0.25) is 0 Å². The van der Waals surface area contributed by atoms with Crippen LogP contribution in [0.5, 0.6) is 0 Å². The number of hydrogen-bond donors (Lipinski definition) is 1. The number of hydrogen-bond acceptors (Lipinski definition) is 3. The van der Waals surface area contributed by atoms with E-state index in [2.05, 4.69) is 69.4 Å². The second-order valence-electron chi connectivity index (χ2n) is 5.03. The molecule has 1 N–H and O–H groups in total. The van der Waals surface area contributed by atoms with E-state index in [9.17, 15) is 0 Å². The number of halogens is 1. The molecule has 1 aromatic carbocycles. The van der Waals surface area contributed by atoms with Crippen molar-refractivity contribution in [2.75, 3.05) is 5.32 Å². The molecular formula is C16H17BrN4. The standard InChI is InChI=1S/C16H17BrN4/c1-3-12-4-6-13(7-5-12)11(2)19-15-8-9-21-16(20-15)14(17)10-18-21/h4-11H,3H2,1-2H3,(H,19,20)/t11-/m1/s1. The molecule has 0 unspecified atom stereocenters. The molecule has 0 radical (unpaired) electrons. The Bertz CT molecular complexity index is 749. The molecule has 0 fully saturated rings. The minimum atomic E-state index is 0.201. The minimum absolute atomic E-state index is 0.201. The van der Waals surface area contributed by atoms with E-state index < -0.39 is 0 Å². The van der Waals surface area contributed by atoms with E-state index in [0.717, 1.165) is 22.4 Å². The van der Waals surface area contributed by atoms with Crippen LogP contribution in [-0.2, 0) is 6.42 Å². The predicted molar refractivity (Wildman–Crippen MR) is 88.5 cm³/mol. The summed E-state index contributed by atoms with van der Waals surface area (Å²) in [6.45, 7) is 4.30. The largest absolute Gasteiger partial charge is 0.363 e. The Morgan fingerprint density at radius 2 is 2.00 bits per heavy atom. The van der Waals surface area contributed by atoms with Gasteiger partial charge in [-0.1, -0.05) is 31.2 Å². The van der Waals surface area contributed by atoms with E-state index in [0.29, 0.717) is 0 Å². The fraction of sp³-hybridized carbons (Fsp3) is 0.250. The molecule has 0 saturated heterocycles. The fourth-order valence-corrected chi connectivity index (χ4v) is 2.63. The van der Waals surface area contributed by atoms with Crippen LogP contribution < -0.4 is 5.32 Å². The second kappa shape index (κ2) is 5.85. The molecule has 0 bridgehead atoms. The van der Waals surface area contributed by atoms with Crippen LogP contribution in [0.1, 0.15) is 31.0 Å². The molecule has 21 heavy (non-hydrogen) atoms. The Morgan fingerprint density at radius 3 is 2.71 bits per heavy atom. The number of benzene rings is 1. The van der Waals surface area contributed by atoms with E-state index in [1.54, 1.807) is 10.7 Å². The lowest BCUT2D eigenvalue weighted by Crippen LogP contribution is -2.08. The lowest BCUT2D eigenvalue weighted by molar-refractivity contribution is 0.865. The van der Waals surface area contributed by atoms with E-state index in [1.807, 2.05) is 12.3 Å². The maximum Gasteiger partial charge on any atom is 0.171 e. The topological polar surface area (TPSA) is 42.2 Å².